The Labute approximate surface area is 187 Å². The predicted octanol–water partition coefficient (Wildman–Crippen LogP) is 3.16. The summed E-state index contributed by atoms with van der Waals surface area (Å²) in [4.78, 5) is 7.57. The van der Waals surface area contributed by atoms with Crippen molar-refractivity contribution in [2.75, 3.05) is 37.3 Å². The Kier molecular flexibility index (Phi) is 9.24. The molecule has 152 valence electrons. The van der Waals surface area contributed by atoms with E-state index in [0.717, 1.165) is 30.4 Å². The molecule has 0 bridgehead atoms. The van der Waals surface area contributed by atoms with Gasteiger partial charge in [-0.05, 0) is 37.6 Å². The van der Waals surface area contributed by atoms with Crippen molar-refractivity contribution in [3.8, 4) is 0 Å². The molecule has 0 saturated carbocycles. The molecule has 1 aliphatic rings. The number of rotatable bonds is 6. The molecule has 0 amide bonds. The Balaban J connectivity index is 0.00000280. The zero-order chi connectivity index (χ0) is 19.1. The number of nitrogens with one attached hydrogen (secondary N) is 2. The maximum absolute atomic E-state index is 12.3. The lowest BCUT2D eigenvalue weighted by Crippen LogP contribution is -2.45. The second-order valence-corrected chi connectivity index (χ2v) is 8.34. The van der Waals surface area contributed by atoms with Gasteiger partial charge >= 0.3 is 0 Å². The molecule has 1 aliphatic heterocycles. The van der Waals surface area contributed by atoms with Crippen molar-refractivity contribution in [2.24, 2.45) is 4.99 Å². The average molecular weight is 512 g/mol. The lowest BCUT2D eigenvalue weighted by atomic mass is 10.2. The topological polar surface area (TPSA) is 56.7 Å². The predicted molar refractivity (Wildman–Crippen MR) is 129 cm³/mol. The van der Waals surface area contributed by atoms with E-state index in [4.69, 9.17) is 0 Å². The van der Waals surface area contributed by atoms with Crippen LogP contribution in [0.25, 0.3) is 0 Å². The van der Waals surface area contributed by atoms with Crippen molar-refractivity contribution in [2.45, 2.75) is 24.3 Å². The van der Waals surface area contributed by atoms with Crippen molar-refractivity contribution in [1.82, 2.24) is 10.6 Å². The van der Waals surface area contributed by atoms with Crippen LogP contribution in [0.1, 0.15) is 12.0 Å². The third-order valence-electron chi connectivity index (χ3n) is 4.74. The molecule has 2 N–H and O–H groups in total. The van der Waals surface area contributed by atoms with Gasteiger partial charge in [0.25, 0.3) is 0 Å². The number of benzene rings is 2. The summed E-state index contributed by atoms with van der Waals surface area (Å²) in [6.07, 6.45) is 1.07. The van der Waals surface area contributed by atoms with Crippen molar-refractivity contribution in [3.63, 3.8) is 0 Å². The van der Waals surface area contributed by atoms with Gasteiger partial charge in [-0.3, -0.25) is 9.20 Å². The van der Waals surface area contributed by atoms with Crippen molar-refractivity contribution in [3.05, 3.63) is 60.2 Å². The van der Waals surface area contributed by atoms with Gasteiger partial charge in [-0.2, -0.15) is 0 Å². The maximum atomic E-state index is 12.3. The molecule has 7 heteroatoms. The zero-order valence-corrected chi connectivity index (χ0v) is 19.6. The van der Waals surface area contributed by atoms with Crippen LogP contribution < -0.4 is 15.5 Å². The van der Waals surface area contributed by atoms with Crippen LogP contribution in [0, 0.1) is 6.92 Å². The summed E-state index contributed by atoms with van der Waals surface area (Å²) in [7, 11) is 0.782. The summed E-state index contributed by atoms with van der Waals surface area (Å²) in [5.74, 6) is 1.33. The summed E-state index contributed by atoms with van der Waals surface area (Å²) in [5.41, 5.74) is 2.55. The molecule has 3 rings (SSSR count). The highest BCUT2D eigenvalue weighted by Crippen LogP contribution is 2.20. The first-order chi connectivity index (χ1) is 13.2. The Bertz CT molecular complexity index is 783. The van der Waals surface area contributed by atoms with Crippen LogP contribution in [0.5, 0.6) is 0 Å². The summed E-state index contributed by atoms with van der Waals surface area (Å²) in [6.45, 7) is 4.73. The third kappa shape index (κ3) is 6.48. The van der Waals surface area contributed by atoms with E-state index in [2.05, 4.69) is 51.7 Å². The van der Waals surface area contributed by atoms with Gasteiger partial charge < -0.3 is 15.5 Å². The van der Waals surface area contributed by atoms with Gasteiger partial charge in [-0.25, -0.2) is 0 Å². The van der Waals surface area contributed by atoms with Crippen LogP contribution in [0.2, 0.25) is 0 Å². The highest BCUT2D eigenvalue weighted by atomic mass is 127. The van der Waals surface area contributed by atoms with Gasteiger partial charge in [0.1, 0.15) is 0 Å². The number of anilines is 1. The van der Waals surface area contributed by atoms with Crippen molar-refractivity contribution < 1.29 is 4.21 Å². The Morgan fingerprint density at radius 1 is 1.18 bits per heavy atom. The molecule has 28 heavy (non-hydrogen) atoms. The first kappa shape index (κ1) is 22.7. The van der Waals surface area contributed by atoms with E-state index in [0.29, 0.717) is 18.3 Å². The van der Waals surface area contributed by atoms with E-state index in [1.165, 1.54) is 11.3 Å². The molecule has 5 nitrogen and oxygen atoms in total. The summed E-state index contributed by atoms with van der Waals surface area (Å²) >= 11 is 0. The van der Waals surface area contributed by atoms with Gasteiger partial charge in [-0.1, -0.05) is 35.9 Å². The Morgan fingerprint density at radius 3 is 2.57 bits per heavy atom. The molecular formula is C21H29IN4OS. The normalized spacial score (nSPS) is 17.7. The van der Waals surface area contributed by atoms with Crippen LogP contribution in [-0.2, 0) is 10.8 Å². The second kappa shape index (κ2) is 11.4. The lowest BCUT2D eigenvalue weighted by Gasteiger charge is -2.20. The van der Waals surface area contributed by atoms with Crippen LogP contribution in [0.4, 0.5) is 5.69 Å². The number of hydrogen-bond donors (Lipinski definition) is 2. The van der Waals surface area contributed by atoms with Gasteiger partial charge in [-0.15, -0.1) is 24.0 Å². The van der Waals surface area contributed by atoms with Crippen LogP contribution in [-0.4, -0.2) is 48.6 Å². The number of aryl methyl sites for hydroxylation is 1. The minimum atomic E-state index is -0.992. The molecule has 2 unspecified atom stereocenters. The zero-order valence-electron chi connectivity index (χ0n) is 16.4. The van der Waals surface area contributed by atoms with E-state index in [1.54, 1.807) is 7.05 Å². The molecule has 2 aromatic carbocycles. The fourth-order valence-electron chi connectivity index (χ4n) is 3.21. The quantitative estimate of drug-likeness (QED) is 0.355. The maximum Gasteiger partial charge on any atom is 0.191 e. The number of aliphatic imine (C=N–C) groups is 1. The molecule has 0 aliphatic carbocycles. The molecule has 1 heterocycles. The van der Waals surface area contributed by atoms with Gasteiger partial charge in [0.2, 0.25) is 0 Å². The molecule has 2 atom stereocenters. The summed E-state index contributed by atoms with van der Waals surface area (Å²) < 4.78 is 12.3. The number of hydrogen-bond acceptors (Lipinski definition) is 3. The standard InChI is InChI=1S/C21H28N4OS.HI/c1-17-8-10-19(11-9-17)25-14-12-18(16-25)24-21(22-2)23-13-15-27(26)20-6-4-3-5-7-20;/h3-11,18H,12-16H2,1-2H3,(H2,22,23,24);1H. The molecule has 0 aromatic heterocycles. The monoisotopic (exact) mass is 512 g/mol. The first-order valence-corrected chi connectivity index (χ1v) is 10.7. The first-order valence-electron chi connectivity index (χ1n) is 9.38. The average Bonchev–Trinajstić information content (AvgIpc) is 3.17. The highest BCUT2D eigenvalue weighted by molar-refractivity contribution is 14.0. The Hall–Kier alpha value is -1.61. The fourth-order valence-corrected chi connectivity index (χ4v) is 4.19. The second-order valence-electron chi connectivity index (χ2n) is 6.77. The minimum absolute atomic E-state index is 0. The largest absolute Gasteiger partial charge is 0.369 e. The van der Waals surface area contributed by atoms with E-state index >= 15 is 0 Å². The lowest BCUT2D eigenvalue weighted by molar-refractivity contribution is 0.650. The number of guanidine groups is 1. The molecule has 0 radical (unpaired) electrons. The number of nitrogens with zero attached hydrogens (tertiary/aromatic N) is 2. The van der Waals surface area contributed by atoms with E-state index in [1.807, 2.05) is 30.3 Å². The smallest absolute Gasteiger partial charge is 0.191 e. The third-order valence-corrected chi connectivity index (χ3v) is 6.11. The van der Waals surface area contributed by atoms with E-state index < -0.39 is 10.8 Å². The van der Waals surface area contributed by atoms with Gasteiger partial charge in [0.15, 0.2) is 5.96 Å². The minimum Gasteiger partial charge on any atom is -0.369 e. The highest BCUT2D eigenvalue weighted by Gasteiger charge is 2.23. The van der Waals surface area contributed by atoms with Gasteiger partial charge in [0, 0.05) is 49.1 Å². The van der Waals surface area contributed by atoms with Crippen LogP contribution in [0.15, 0.2) is 64.5 Å². The number of halogens is 1. The van der Waals surface area contributed by atoms with Crippen molar-refractivity contribution >= 4 is 46.4 Å². The van der Waals surface area contributed by atoms with E-state index in [-0.39, 0.29) is 24.0 Å². The fraction of sp³-hybridized carbons (Fsp3) is 0.381. The van der Waals surface area contributed by atoms with Crippen LogP contribution in [0.3, 0.4) is 0 Å². The summed E-state index contributed by atoms with van der Waals surface area (Å²) in [6, 6.07) is 18.6. The summed E-state index contributed by atoms with van der Waals surface area (Å²) in [5, 5.41) is 6.77. The molecule has 1 fully saturated rings. The SMILES string of the molecule is CN=C(NCCS(=O)c1ccccc1)NC1CCN(c2ccc(C)cc2)C1.I. The molecule has 1 saturated heterocycles. The molecule has 0 spiro atoms. The molecular weight excluding hydrogens is 483 g/mol. The van der Waals surface area contributed by atoms with Gasteiger partial charge in [0.05, 0.1) is 10.8 Å². The van der Waals surface area contributed by atoms with Crippen LogP contribution >= 0.6 is 24.0 Å². The van der Waals surface area contributed by atoms with E-state index in [9.17, 15) is 4.21 Å². The van der Waals surface area contributed by atoms with Crippen molar-refractivity contribution in [1.29, 1.82) is 0 Å². The Morgan fingerprint density at radius 2 is 1.89 bits per heavy atom. The molecule has 2 aromatic rings.